The van der Waals surface area contributed by atoms with Gasteiger partial charge in [0, 0.05) is 0 Å². The van der Waals surface area contributed by atoms with Crippen molar-refractivity contribution >= 4 is 27.5 Å². The Morgan fingerprint density at radius 3 is 2.86 bits per heavy atom. The molecule has 1 aromatic carbocycles. The summed E-state index contributed by atoms with van der Waals surface area (Å²) < 4.78 is 13.8. The zero-order valence-electron chi connectivity index (χ0n) is 6.98. The Hall–Kier alpha value is -1.49. The highest BCUT2D eigenvalue weighted by Crippen LogP contribution is 2.28. The second kappa shape index (κ2) is 3.34. The first-order valence-corrected chi connectivity index (χ1v) is 4.72. The van der Waals surface area contributed by atoms with Crippen molar-refractivity contribution in [2.24, 2.45) is 0 Å². The summed E-state index contributed by atoms with van der Waals surface area (Å²) in [6.45, 7) is 0. The molecule has 72 valence electrons. The second-order valence-corrected chi connectivity index (χ2v) is 3.78. The number of carboxylic acids is 1. The minimum Gasteiger partial charge on any atom is -0.479 e. The Labute approximate surface area is 82.8 Å². The zero-order chi connectivity index (χ0) is 10.1. The van der Waals surface area contributed by atoms with Crippen LogP contribution in [0.4, 0.5) is 4.39 Å². The van der Waals surface area contributed by atoms with Crippen LogP contribution in [0.15, 0.2) is 24.3 Å². The predicted octanol–water partition coefficient (Wildman–Crippen LogP) is 2.39. The molecular formula is C9H6FNO2S. The number of aliphatic carboxylic acids is 1. The number of para-hydroxylation sites is 1. The van der Waals surface area contributed by atoms with Gasteiger partial charge < -0.3 is 5.11 Å². The zero-order valence-corrected chi connectivity index (χ0v) is 7.79. The normalized spacial score (nSPS) is 12.9. The van der Waals surface area contributed by atoms with Gasteiger partial charge in [0.25, 0.3) is 0 Å². The second-order valence-electron chi connectivity index (χ2n) is 2.72. The van der Waals surface area contributed by atoms with Crippen molar-refractivity contribution in [2.75, 3.05) is 0 Å². The monoisotopic (exact) mass is 211 g/mol. The van der Waals surface area contributed by atoms with Gasteiger partial charge in [0.1, 0.15) is 5.01 Å². The highest BCUT2D eigenvalue weighted by atomic mass is 32.1. The molecule has 0 saturated heterocycles. The van der Waals surface area contributed by atoms with E-state index in [0.717, 1.165) is 16.0 Å². The van der Waals surface area contributed by atoms with Crippen LogP contribution in [0.5, 0.6) is 0 Å². The summed E-state index contributed by atoms with van der Waals surface area (Å²) >= 11 is 1.07. The fraction of sp³-hybridized carbons (Fsp3) is 0.111. The number of thiazole rings is 1. The molecule has 1 heterocycles. The Morgan fingerprint density at radius 2 is 2.21 bits per heavy atom. The number of hydrogen-bond donors (Lipinski definition) is 1. The molecule has 1 aromatic heterocycles. The lowest BCUT2D eigenvalue weighted by Crippen LogP contribution is -2.04. The van der Waals surface area contributed by atoms with Crippen molar-refractivity contribution in [3.8, 4) is 0 Å². The van der Waals surface area contributed by atoms with E-state index in [1.54, 1.807) is 24.3 Å². The minimum absolute atomic E-state index is 0.00120. The number of alkyl halides is 1. The third-order valence-corrected chi connectivity index (χ3v) is 2.82. The van der Waals surface area contributed by atoms with E-state index in [9.17, 15) is 9.18 Å². The smallest absolute Gasteiger partial charge is 0.345 e. The summed E-state index contributed by atoms with van der Waals surface area (Å²) in [6.07, 6.45) is -2.02. The number of carboxylic acid groups (broad SMARTS) is 1. The van der Waals surface area contributed by atoms with Gasteiger partial charge in [0.05, 0.1) is 10.2 Å². The molecule has 0 aliphatic rings. The number of carbonyl (C=O) groups is 1. The SMILES string of the molecule is O=C(O)C(F)c1nc2ccccc2s1. The maximum Gasteiger partial charge on any atom is 0.345 e. The van der Waals surface area contributed by atoms with Crippen LogP contribution in [0, 0.1) is 0 Å². The van der Waals surface area contributed by atoms with E-state index in [0.29, 0.717) is 5.52 Å². The van der Waals surface area contributed by atoms with Crippen LogP contribution < -0.4 is 0 Å². The van der Waals surface area contributed by atoms with Crippen molar-refractivity contribution in [1.82, 2.24) is 4.98 Å². The van der Waals surface area contributed by atoms with Gasteiger partial charge in [-0.05, 0) is 12.1 Å². The topological polar surface area (TPSA) is 50.2 Å². The Kier molecular flexibility index (Phi) is 2.17. The highest BCUT2D eigenvalue weighted by molar-refractivity contribution is 7.18. The molecule has 0 spiro atoms. The summed E-state index contributed by atoms with van der Waals surface area (Å²) in [4.78, 5) is 14.3. The summed E-state index contributed by atoms with van der Waals surface area (Å²) in [5, 5.41) is 8.45. The predicted molar refractivity (Wildman–Crippen MR) is 51.1 cm³/mol. The molecule has 1 atom stereocenters. The largest absolute Gasteiger partial charge is 0.479 e. The third-order valence-electron chi connectivity index (χ3n) is 1.74. The molecule has 2 rings (SSSR count). The molecular weight excluding hydrogens is 205 g/mol. The molecule has 0 saturated carbocycles. The fourth-order valence-electron chi connectivity index (χ4n) is 1.10. The van der Waals surface area contributed by atoms with Crippen LogP contribution in [0.25, 0.3) is 10.2 Å². The molecule has 0 aliphatic heterocycles. The van der Waals surface area contributed by atoms with Crippen molar-refractivity contribution in [3.05, 3.63) is 29.3 Å². The highest BCUT2D eigenvalue weighted by Gasteiger charge is 2.22. The van der Waals surface area contributed by atoms with Gasteiger partial charge in [-0.15, -0.1) is 11.3 Å². The minimum atomic E-state index is -2.02. The number of fused-ring (bicyclic) bond motifs is 1. The van der Waals surface area contributed by atoms with Crippen LogP contribution in [-0.4, -0.2) is 16.1 Å². The van der Waals surface area contributed by atoms with E-state index in [1.165, 1.54) is 0 Å². The van der Waals surface area contributed by atoms with Gasteiger partial charge in [-0.25, -0.2) is 14.2 Å². The number of nitrogens with zero attached hydrogens (tertiary/aromatic N) is 1. The van der Waals surface area contributed by atoms with E-state index < -0.39 is 12.1 Å². The average molecular weight is 211 g/mol. The number of aromatic nitrogens is 1. The van der Waals surface area contributed by atoms with Crippen molar-refractivity contribution in [2.45, 2.75) is 6.17 Å². The van der Waals surface area contributed by atoms with Crippen LogP contribution in [0.3, 0.4) is 0 Å². The summed E-state index contributed by atoms with van der Waals surface area (Å²) in [5.41, 5.74) is 0.636. The van der Waals surface area contributed by atoms with Gasteiger partial charge >= 0.3 is 5.97 Å². The lowest BCUT2D eigenvalue weighted by Gasteiger charge is -1.94. The van der Waals surface area contributed by atoms with E-state index in [4.69, 9.17) is 5.11 Å². The third kappa shape index (κ3) is 1.46. The molecule has 5 heteroatoms. The molecule has 0 amide bonds. The average Bonchev–Trinajstić information content (AvgIpc) is 2.59. The van der Waals surface area contributed by atoms with Crippen LogP contribution in [0.2, 0.25) is 0 Å². The molecule has 1 N–H and O–H groups in total. The first-order chi connectivity index (χ1) is 6.68. The summed E-state index contributed by atoms with van der Waals surface area (Å²) in [7, 11) is 0. The molecule has 0 radical (unpaired) electrons. The Morgan fingerprint density at radius 1 is 1.50 bits per heavy atom. The lowest BCUT2D eigenvalue weighted by molar-refractivity contribution is -0.143. The fourth-order valence-corrected chi connectivity index (χ4v) is 2.04. The molecule has 1 unspecified atom stereocenters. The first-order valence-electron chi connectivity index (χ1n) is 3.91. The van der Waals surface area contributed by atoms with Gasteiger partial charge in [0.2, 0.25) is 6.17 Å². The molecule has 0 fully saturated rings. The standard InChI is InChI=1S/C9H6FNO2S/c10-7(9(12)13)8-11-5-3-1-2-4-6(5)14-8/h1-4,7H,(H,12,13). The van der Waals surface area contributed by atoms with Crippen LogP contribution in [0.1, 0.15) is 11.2 Å². The Bertz CT molecular complexity index is 449. The van der Waals surface area contributed by atoms with Crippen LogP contribution >= 0.6 is 11.3 Å². The summed E-state index contributed by atoms with van der Waals surface area (Å²) in [6, 6.07) is 7.09. The van der Waals surface area contributed by atoms with Gasteiger partial charge in [-0.3, -0.25) is 0 Å². The number of halogens is 1. The van der Waals surface area contributed by atoms with E-state index in [1.807, 2.05) is 0 Å². The molecule has 0 aliphatic carbocycles. The van der Waals surface area contributed by atoms with E-state index in [-0.39, 0.29) is 5.01 Å². The van der Waals surface area contributed by atoms with Crippen molar-refractivity contribution < 1.29 is 14.3 Å². The van der Waals surface area contributed by atoms with E-state index in [2.05, 4.69) is 4.98 Å². The number of rotatable bonds is 2. The molecule has 2 aromatic rings. The molecule has 3 nitrogen and oxygen atoms in total. The molecule has 14 heavy (non-hydrogen) atoms. The van der Waals surface area contributed by atoms with E-state index >= 15 is 0 Å². The molecule has 0 bridgehead atoms. The van der Waals surface area contributed by atoms with Crippen LogP contribution in [-0.2, 0) is 4.79 Å². The Balaban J connectivity index is 2.50. The van der Waals surface area contributed by atoms with Gasteiger partial charge in [0.15, 0.2) is 0 Å². The number of hydrogen-bond acceptors (Lipinski definition) is 3. The van der Waals surface area contributed by atoms with Gasteiger partial charge in [-0.2, -0.15) is 0 Å². The maximum absolute atomic E-state index is 13.0. The quantitative estimate of drug-likeness (QED) is 0.829. The number of benzene rings is 1. The maximum atomic E-state index is 13.0. The van der Waals surface area contributed by atoms with Crippen molar-refractivity contribution in [3.63, 3.8) is 0 Å². The van der Waals surface area contributed by atoms with Gasteiger partial charge in [-0.1, -0.05) is 12.1 Å². The van der Waals surface area contributed by atoms with Crippen molar-refractivity contribution in [1.29, 1.82) is 0 Å². The lowest BCUT2D eigenvalue weighted by atomic mass is 10.3. The summed E-state index contributed by atoms with van der Waals surface area (Å²) in [5.74, 6) is -1.50. The first kappa shape index (κ1) is 9.08.